The summed E-state index contributed by atoms with van der Waals surface area (Å²) in [6, 6.07) is 14.5. The highest BCUT2D eigenvalue weighted by molar-refractivity contribution is 6.30. The SMILES string of the molecule is Cc1cc(C)cc(C(Cc2cccc(Cl)c2)NN)c1. The summed E-state index contributed by atoms with van der Waals surface area (Å²) in [5.41, 5.74) is 7.78. The fraction of sp³-hybridized carbons (Fsp3) is 0.250. The number of hydrogen-bond acceptors (Lipinski definition) is 2. The molecule has 0 aromatic heterocycles. The normalized spacial score (nSPS) is 12.4. The van der Waals surface area contributed by atoms with E-state index in [0.717, 1.165) is 11.4 Å². The van der Waals surface area contributed by atoms with Crippen LogP contribution in [0.15, 0.2) is 42.5 Å². The van der Waals surface area contributed by atoms with Gasteiger partial charge in [0.15, 0.2) is 0 Å². The highest BCUT2D eigenvalue weighted by Gasteiger charge is 2.11. The Bertz CT molecular complexity index is 546. The van der Waals surface area contributed by atoms with Crippen molar-refractivity contribution >= 4 is 11.6 Å². The molecule has 1 unspecified atom stereocenters. The number of nitrogens with two attached hydrogens (primary N) is 1. The van der Waals surface area contributed by atoms with Crippen molar-refractivity contribution in [3.05, 3.63) is 69.7 Å². The van der Waals surface area contributed by atoms with Crippen LogP contribution < -0.4 is 11.3 Å². The summed E-state index contributed by atoms with van der Waals surface area (Å²) in [7, 11) is 0. The number of rotatable bonds is 4. The summed E-state index contributed by atoms with van der Waals surface area (Å²) in [4.78, 5) is 0. The lowest BCUT2D eigenvalue weighted by Crippen LogP contribution is -2.29. The monoisotopic (exact) mass is 274 g/mol. The Hall–Kier alpha value is -1.35. The van der Waals surface area contributed by atoms with Crippen LogP contribution in [-0.4, -0.2) is 0 Å². The zero-order valence-corrected chi connectivity index (χ0v) is 12.0. The van der Waals surface area contributed by atoms with E-state index in [-0.39, 0.29) is 6.04 Å². The molecule has 0 aliphatic carbocycles. The van der Waals surface area contributed by atoms with Gasteiger partial charge >= 0.3 is 0 Å². The highest BCUT2D eigenvalue weighted by atomic mass is 35.5. The lowest BCUT2D eigenvalue weighted by molar-refractivity contribution is 0.551. The predicted octanol–water partition coefficient (Wildman–Crippen LogP) is 3.70. The van der Waals surface area contributed by atoms with E-state index >= 15 is 0 Å². The van der Waals surface area contributed by atoms with Crippen molar-refractivity contribution in [2.45, 2.75) is 26.3 Å². The molecule has 0 saturated carbocycles. The molecule has 2 rings (SSSR count). The molecule has 0 aliphatic heterocycles. The maximum Gasteiger partial charge on any atom is 0.0500 e. The Labute approximate surface area is 119 Å². The Morgan fingerprint density at radius 1 is 1.11 bits per heavy atom. The summed E-state index contributed by atoms with van der Waals surface area (Å²) >= 11 is 6.02. The van der Waals surface area contributed by atoms with Gasteiger partial charge in [-0.3, -0.25) is 11.3 Å². The highest BCUT2D eigenvalue weighted by Crippen LogP contribution is 2.22. The zero-order chi connectivity index (χ0) is 13.8. The van der Waals surface area contributed by atoms with E-state index in [1.54, 1.807) is 0 Å². The summed E-state index contributed by atoms with van der Waals surface area (Å²) < 4.78 is 0. The minimum atomic E-state index is 0.0945. The molecule has 100 valence electrons. The van der Waals surface area contributed by atoms with E-state index in [1.165, 1.54) is 22.3 Å². The van der Waals surface area contributed by atoms with Crippen molar-refractivity contribution < 1.29 is 0 Å². The molecule has 0 bridgehead atoms. The van der Waals surface area contributed by atoms with Crippen LogP contribution in [0, 0.1) is 13.8 Å². The van der Waals surface area contributed by atoms with E-state index in [9.17, 15) is 0 Å². The number of halogens is 1. The second-order valence-corrected chi connectivity index (χ2v) is 5.41. The van der Waals surface area contributed by atoms with Crippen molar-refractivity contribution in [2.24, 2.45) is 5.84 Å². The third kappa shape index (κ3) is 3.80. The third-order valence-corrected chi connectivity index (χ3v) is 3.41. The molecule has 19 heavy (non-hydrogen) atoms. The molecule has 2 aromatic rings. The van der Waals surface area contributed by atoms with Crippen LogP contribution in [0.4, 0.5) is 0 Å². The fourth-order valence-corrected chi connectivity index (χ4v) is 2.60. The van der Waals surface area contributed by atoms with Crippen LogP contribution in [0.2, 0.25) is 5.02 Å². The van der Waals surface area contributed by atoms with E-state index in [4.69, 9.17) is 17.4 Å². The minimum Gasteiger partial charge on any atom is -0.271 e. The molecule has 0 heterocycles. The van der Waals surface area contributed by atoms with Gasteiger partial charge in [0.25, 0.3) is 0 Å². The van der Waals surface area contributed by atoms with Crippen LogP contribution >= 0.6 is 11.6 Å². The summed E-state index contributed by atoms with van der Waals surface area (Å²) in [5.74, 6) is 5.71. The molecule has 0 spiro atoms. The molecule has 2 aromatic carbocycles. The fourth-order valence-electron chi connectivity index (χ4n) is 2.38. The van der Waals surface area contributed by atoms with E-state index in [0.29, 0.717) is 0 Å². The van der Waals surface area contributed by atoms with Crippen molar-refractivity contribution in [3.8, 4) is 0 Å². The smallest absolute Gasteiger partial charge is 0.0500 e. The molecular formula is C16H19ClN2. The van der Waals surface area contributed by atoms with Gasteiger partial charge in [-0.25, -0.2) is 0 Å². The number of nitrogens with one attached hydrogen (secondary N) is 1. The number of hydrogen-bond donors (Lipinski definition) is 2. The molecule has 0 aliphatic rings. The molecule has 0 saturated heterocycles. The van der Waals surface area contributed by atoms with Crippen LogP contribution in [0.1, 0.15) is 28.3 Å². The summed E-state index contributed by atoms with van der Waals surface area (Å²) in [6.07, 6.45) is 0.819. The lowest BCUT2D eigenvalue weighted by Gasteiger charge is -2.18. The Kier molecular flexibility index (Phi) is 4.59. The maximum atomic E-state index is 6.02. The quantitative estimate of drug-likeness (QED) is 0.659. The first-order chi connectivity index (χ1) is 9.08. The first-order valence-corrected chi connectivity index (χ1v) is 6.75. The van der Waals surface area contributed by atoms with Crippen molar-refractivity contribution in [3.63, 3.8) is 0 Å². The van der Waals surface area contributed by atoms with Gasteiger partial charge in [-0.1, -0.05) is 53.1 Å². The van der Waals surface area contributed by atoms with Crippen LogP contribution in [-0.2, 0) is 6.42 Å². The van der Waals surface area contributed by atoms with Gasteiger partial charge in [-0.15, -0.1) is 0 Å². The standard InChI is InChI=1S/C16H19ClN2/c1-11-6-12(2)8-14(7-11)16(19-18)10-13-4-3-5-15(17)9-13/h3-9,16,19H,10,18H2,1-2H3. The van der Waals surface area contributed by atoms with Gasteiger partial charge in [-0.05, 0) is 43.5 Å². The second kappa shape index (κ2) is 6.20. The van der Waals surface area contributed by atoms with Gasteiger partial charge < -0.3 is 0 Å². The largest absolute Gasteiger partial charge is 0.271 e. The molecule has 1 atom stereocenters. The Morgan fingerprint density at radius 2 is 1.79 bits per heavy atom. The van der Waals surface area contributed by atoms with Gasteiger partial charge in [0.05, 0.1) is 0 Å². The average Bonchev–Trinajstić information content (AvgIpc) is 2.34. The zero-order valence-electron chi connectivity index (χ0n) is 11.3. The number of aryl methyl sites for hydroxylation is 2. The van der Waals surface area contributed by atoms with Crippen LogP contribution in [0.25, 0.3) is 0 Å². The predicted molar refractivity (Wildman–Crippen MR) is 81.1 cm³/mol. The topological polar surface area (TPSA) is 38.0 Å². The Morgan fingerprint density at radius 3 is 2.37 bits per heavy atom. The molecule has 0 radical (unpaired) electrons. The minimum absolute atomic E-state index is 0.0945. The number of benzene rings is 2. The van der Waals surface area contributed by atoms with Crippen LogP contribution in [0.3, 0.4) is 0 Å². The molecule has 0 amide bonds. The summed E-state index contributed by atoms with van der Waals surface area (Å²) in [5, 5.41) is 0.758. The van der Waals surface area contributed by atoms with Gasteiger partial charge in [0.2, 0.25) is 0 Å². The maximum absolute atomic E-state index is 6.02. The van der Waals surface area contributed by atoms with Gasteiger partial charge in [0.1, 0.15) is 0 Å². The van der Waals surface area contributed by atoms with E-state index < -0.39 is 0 Å². The van der Waals surface area contributed by atoms with Crippen molar-refractivity contribution in [1.82, 2.24) is 5.43 Å². The molecule has 3 N–H and O–H groups in total. The first kappa shape index (κ1) is 14.1. The summed E-state index contributed by atoms with van der Waals surface area (Å²) in [6.45, 7) is 4.20. The van der Waals surface area contributed by atoms with Gasteiger partial charge in [-0.2, -0.15) is 0 Å². The van der Waals surface area contributed by atoms with Crippen molar-refractivity contribution in [1.29, 1.82) is 0 Å². The molecular weight excluding hydrogens is 256 g/mol. The molecule has 3 heteroatoms. The van der Waals surface area contributed by atoms with Crippen molar-refractivity contribution in [2.75, 3.05) is 0 Å². The third-order valence-electron chi connectivity index (χ3n) is 3.18. The van der Waals surface area contributed by atoms with E-state index in [2.05, 4.69) is 43.5 Å². The first-order valence-electron chi connectivity index (χ1n) is 6.37. The van der Waals surface area contributed by atoms with E-state index in [1.807, 2.05) is 18.2 Å². The molecule has 2 nitrogen and oxygen atoms in total. The average molecular weight is 275 g/mol. The van der Waals surface area contributed by atoms with Gasteiger partial charge in [0, 0.05) is 11.1 Å². The molecule has 0 fully saturated rings. The number of hydrazine groups is 1. The second-order valence-electron chi connectivity index (χ2n) is 4.97. The lowest BCUT2D eigenvalue weighted by atomic mass is 9.96. The van der Waals surface area contributed by atoms with Crippen LogP contribution in [0.5, 0.6) is 0 Å². The Balaban J connectivity index is 2.24.